The molecular weight excluding hydrogens is 308 g/mol. The zero-order valence-electron chi connectivity index (χ0n) is 11.6. The quantitative estimate of drug-likeness (QED) is 0.836. The smallest absolute Gasteiger partial charge is 0.255 e. The molecule has 0 aromatic carbocycles. The van der Waals surface area contributed by atoms with E-state index in [4.69, 9.17) is 5.73 Å². The monoisotopic (exact) mass is 328 g/mol. The van der Waals surface area contributed by atoms with Crippen LogP contribution in [0.1, 0.15) is 31.1 Å². The Morgan fingerprint density at radius 2 is 2.16 bits per heavy atom. The molecule has 1 amide bonds. The molecule has 1 unspecified atom stereocenters. The Bertz CT molecular complexity index is 435. The van der Waals surface area contributed by atoms with Crippen LogP contribution in [0.25, 0.3) is 0 Å². The summed E-state index contributed by atoms with van der Waals surface area (Å²) in [4.78, 5) is 18.3. The number of nitrogens with two attached hydrogens (primary N) is 1. The summed E-state index contributed by atoms with van der Waals surface area (Å²) >= 11 is 3.29. The number of aromatic nitrogens is 1. The predicted molar refractivity (Wildman–Crippen MR) is 81.1 cm³/mol. The first-order valence-corrected chi connectivity index (χ1v) is 7.21. The summed E-state index contributed by atoms with van der Waals surface area (Å²) in [6.07, 6.45) is 1.57. The van der Waals surface area contributed by atoms with Crippen molar-refractivity contribution in [3.05, 3.63) is 22.3 Å². The SMILES string of the molecule is CCN(CC)CC(C)NC(=O)c1cc(Br)cnc1N. The van der Waals surface area contributed by atoms with Crippen LogP contribution in [0.5, 0.6) is 0 Å². The van der Waals surface area contributed by atoms with E-state index in [0.717, 1.165) is 24.1 Å². The number of likely N-dealkylation sites (N-methyl/N-ethyl adjacent to an activating group) is 1. The maximum atomic E-state index is 12.1. The lowest BCUT2D eigenvalue weighted by atomic mass is 10.2. The van der Waals surface area contributed by atoms with Gasteiger partial charge in [-0.15, -0.1) is 0 Å². The maximum Gasteiger partial charge on any atom is 0.255 e. The summed E-state index contributed by atoms with van der Waals surface area (Å²) in [5.74, 6) is 0.0571. The highest BCUT2D eigenvalue weighted by atomic mass is 79.9. The van der Waals surface area contributed by atoms with E-state index < -0.39 is 0 Å². The highest BCUT2D eigenvalue weighted by molar-refractivity contribution is 9.10. The Hall–Kier alpha value is -1.14. The molecule has 19 heavy (non-hydrogen) atoms. The average Bonchev–Trinajstić information content (AvgIpc) is 2.38. The van der Waals surface area contributed by atoms with Gasteiger partial charge in [-0.05, 0) is 42.0 Å². The largest absolute Gasteiger partial charge is 0.383 e. The fourth-order valence-corrected chi connectivity index (χ4v) is 2.18. The van der Waals surface area contributed by atoms with Crippen LogP contribution < -0.4 is 11.1 Å². The number of nitrogens with one attached hydrogen (secondary N) is 1. The Morgan fingerprint density at radius 3 is 2.74 bits per heavy atom. The molecule has 106 valence electrons. The molecule has 6 heteroatoms. The van der Waals surface area contributed by atoms with E-state index in [2.05, 4.69) is 45.0 Å². The highest BCUT2D eigenvalue weighted by Gasteiger charge is 2.15. The van der Waals surface area contributed by atoms with Crippen molar-refractivity contribution in [2.24, 2.45) is 0 Å². The van der Waals surface area contributed by atoms with Gasteiger partial charge in [-0.3, -0.25) is 4.79 Å². The maximum absolute atomic E-state index is 12.1. The average molecular weight is 329 g/mol. The zero-order chi connectivity index (χ0) is 14.4. The minimum Gasteiger partial charge on any atom is -0.383 e. The molecule has 1 rings (SSSR count). The number of pyridine rings is 1. The van der Waals surface area contributed by atoms with Crippen LogP contribution in [0.3, 0.4) is 0 Å². The van der Waals surface area contributed by atoms with Crippen molar-refractivity contribution < 1.29 is 4.79 Å². The van der Waals surface area contributed by atoms with E-state index in [9.17, 15) is 4.79 Å². The van der Waals surface area contributed by atoms with Crippen molar-refractivity contribution >= 4 is 27.7 Å². The summed E-state index contributed by atoms with van der Waals surface area (Å²) in [6.45, 7) is 8.95. The Labute approximate surface area is 122 Å². The fraction of sp³-hybridized carbons (Fsp3) is 0.538. The third kappa shape index (κ3) is 4.80. The van der Waals surface area contributed by atoms with Crippen LogP contribution in [0.4, 0.5) is 5.82 Å². The van der Waals surface area contributed by atoms with Crippen LogP contribution in [0, 0.1) is 0 Å². The molecule has 3 N–H and O–H groups in total. The number of hydrogen-bond donors (Lipinski definition) is 2. The van der Waals surface area contributed by atoms with Gasteiger partial charge in [0.2, 0.25) is 0 Å². The van der Waals surface area contributed by atoms with Gasteiger partial charge in [0.1, 0.15) is 5.82 Å². The van der Waals surface area contributed by atoms with Crippen LogP contribution in [0.2, 0.25) is 0 Å². The second-order valence-electron chi connectivity index (χ2n) is 4.45. The topological polar surface area (TPSA) is 71.2 Å². The second kappa shape index (κ2) is 7.45. The Kier molecular flexibility index (Phi) is 6.24. The first kappa shape index (κ1) is 15.9. The highest BCUT2D eigenvalue weighted by Crippen LogP contribution is 2.15. The lowest BCUT2D eigenvalue weighted by molar-refractivity contribution is 0.0931. The zero-order valence-corrected chi connectivity index (χ0v) is 13.2. The molecule has 0 aliphatic carbocycles. The lowest BCUT2D eigenvalue weighted by Gasteiger charge is -2.23. The third-order valence-electron chi connectivity index (χ3n) is 2.93. The molecule has 0 aliphatic rings. The van der Waals surface area contributed by atoms with Gasteiger partial charge in [0.15, 0.2) is 0 Å². The van der Waals surface area contributed by atoms with Crippen molar-refractivity contribution in [2.75, 3.05) is 25.4 Å². The summed E-state index contributed by atoms with van der Waals surface area (Å²) in [5.41, 5.74) is 6.12. The summed E-state index contributed by atoms with van der Waals surface area (Å²) in [6, 6.07) is 1.74. The van der Waals surface area contributed by atoms with Crippen LogP contribution in [-0.4, -0.2) is 41.5 Å². The third-order valence-corrected chi connectivity index (χ3v) is 3.37. The van der Waals surface area contributed by atoms with Crippen molar-refractivity contribution in [3.8, 4) is 0 Å². The summed E-state index contributed by atoms with van der Waals surface area (Å²) in [5, 5.41) is 2.94. The number of rotatable bonds is 6. The van der Waals surface area contributed by atoms with Gasteiger partial charge in [-0.1, -0.05) is 13.8 Å². The molecule has 0 saturated heterocycles. The lowest BCUT2D eigenvalue weighted by Crippen LogP contribution is -2.42. The van der Waals surface area contributed by atoms with E-state index in [0.29, 0.717) is 5.56 Å². The van der Waals surface area contributed by atoms with Crippen LogP contribution >= 0.6 is 15.9 Å². The predicted octanol–water partition coefficient (Wildman–Crippen LogP) is 1.89. The van der Waals surface area contributed by atoms with Gasteiger partial charge >= 0.3 is 0 Å². The molecule has 0 saturated carbocycles. The number of halogens is 1. The molecule has 0 fully saturated rings. The molecule has 1 atom stereocenters. The molecule has 0 bridgehead atoms. The number of nitrogens with zero attached hydrogens (tertiary/aromatic N) is 2. The first-order valence-electron chi connectivity index (χ1n) is 6.42. The number of carbonyl (C=O) groups is 1. The van der Waals surface area contributed by atoms with Gasteiger partial charge in [-0.2, -0.15) is 0 Å². The molecule has 5 nitrogen and oxygen atoms in total. The number of hydrogen-bond acceptors (Lipinski definition) is 4. The van der Waals surface area contributed by atoms with Gasteiger partial charge in [0.25, 0.3) is 5.91 Å². The molecule has 0 spiro atoms. The van der Waals surface area contributed by atoms with Gasteiger partial charge in [-0.25, -0.2) is 4.98 Å². The standard InChI is InChI=1S/C13H21BrN4O/c1-4-18(5-2)8-9(3)17-13(19)11-6-10(14)7-16-12(11)15/h6-7,9H,4-5,8H2,1-3H3,(H2,15,16)(H,17,19). The number of carbonyl (C=O) groups excluding carboxylic acids is 1. The first-order chi connectivity index (χ1) is 8.97. The van der Waals surface area contributed by atoms with Crippen molar-refractivity contribution in [1.82, 2.24) is 15.2 Å². The molecule has 0 aliphatic heterocycles. The molecule has 1 heterocycles. The molecule has 1 aromatic heterocycles. The minimum absolute atomic E-state index is 0.0609. The number of nitrogen functional groups attached to an aromatic ring is 1. The van der Waals surface area contributed by atoms with Crippen LogP contribution in [0.15, 0.2) is 16.7 Å². The number of anilines is 1. The van der Waals surface area contributed by atoms with E-state index in [1.165, 1.54) is 0 Å². The van der Waals surface area contributed by atoms with E-state index in [-0.39, 0.29) is 17.8 Å². The van der Waals surface area contributed by atoms with E-state index in [1.807, 2.05) is 6.92 Å². The summed E-state index contributed by atoms with van der Waals surface area (Å²) < 4.78 is 0.739. The van der Waals surface area contributed by atoms with Gasteiger partial charge < -0.3 is 16.0 Å². The van der Waals surface area contributed by atoms with Crippen molar-refractivity contribution in [1.29, 1.82) is 0 Å². The van der Waals surface area contributed by atoms with E-state index >= 15 is 0 Å². The van der Waals surface area contributed by atoms with E-state index in [1.54, 1.807) is 12.3 Å². The molecule has 0 radical (unpaired) electrons. The summed E-state index contributed by atoms with van der Waals surface area (Å²) in [7, 11) is 0. The van der Waals surface area contributed by atoms with Gasteiger partial charge in [0.05, 0.1) is 5.56 Å². The second-order valence-corrected chi connectivity index (χ2v) is 5.36. The Morgan fingerprint density at radius 1 is 1.53 bits per heavy atom. The van der Waals surface area contributed by atoms with Crippen LogP contribution in [-0.2, 0) is 0 Å². The molecular formula is C13H21BrN4O. The Balaban J connectivity index is 2.66. The van der Waals surface area contributed by atoms with Crippen molar-refractivity contribution in [2.45, 2.75) is 26.8 Å². The minimum atomic E-state index is -0.189. The molecule has 1 aromatic rings. The van der Waals surface area contributed by atoms with Gasteiger partial charge in [0, 0.05) is 23.3 Å². The number of amides is 1. The van der Waals surface area contributed by atoms with Crippen molar-refractivity contribution in [3.63, 3.8) is 0 Å². The fourth-order valence-electron chi connectivity index (χ4n) is 1.85. The normalized spacial score (nSPS) is 12.5.